The van der Waals surface area contributed by atoms with Gasteiger partial charge in [0.25, 0.3) is 5.91 Å². The summed E-state index contributed by atoms with van der Waals surface area (Å²) in [4.78, 5) is 12.6. The molecular formula is C19H19FN2O2. The topological polar surface area (TPSA) is 54.3 Å². The molecule has 24 heavy (non-hydrogen) atoms. The number of carbonyl (C=O) groups is 1. The van der Waals surface area contributed by atoms with Crippen molar-refractivity contribution in [3.63, 3.8) is 0 Å². The number of benzene rings is 2. The molecule has 2 aromatic carbocycles. The van der Waals surface area contributed by atoms with Crippen LogP contribution in [0.15, 0.2) is 54.7 Å². The summed E-state index contributed by atoms with van der Waals surface area (Å²) in [6.45, 7) is 1.72. The molecule has 0 fully saturated rings. The summed E-state index contributed by atoms with van der Waals surface area (Å²) in [7, 11) is 1.92. The standard InChI is InChI=1S/C19H19FN2O2/c1-12(18(23)13-6-8-14(20)9-7-13)21-19(24)16-4-3-5-17-15(16)10-11-22(17)2/h3-12,18,23H,1-2H3,(H,21,24). The first-order valence-electron chi connectivity index (χ1n) is 7.76. The molecule has 0 radical (unpaired) electrons. The molecule has 0 saturated carbocycles. The van der Waals surface area contributed by atoms with Gasteiger partial charge in [-0.15, -0.1) is 0 Å². The lowest BCUT2D eigenvalue weighted by Gasteiger charge is -2.21. The van der Waals surface area contributed by atoms with Crippen LogP contribution in [0.4, 0.5) is 4.39 Å². The highest BCUT2D eigenvalue weighted by atomic mass is 19.1. The van der Waals surface area contributed by atoms with E-state index in [-0.39, 0.29) is 11.7 Å². The Morgan fingerprint density at radius 1 is 1.17 bits per heavy atom. The van der Waals surface area contributed by atoms with Crippen molar-refractivity contribution in [1.82, 2.24) is 9.88 Å². The van der Waals surface area contributed by atoms with Crippen LogP contribution < -0.4 is 5.32 Å². The van der Waals surface area contributed by atoms with E-state index in [0.717, 1.165) is 10.9 Å². The largest absolute Gasteiger partial charge is 0.386 e. The number of aryl methyl sites for hydroxylation is 1. The van der Waals surface area contributed by atoms with Crippen LogP contribution in [-0.4, -0.2) is 21.6 Å². The number of hydrogen-bond acceptors (Lipinski definition) is 2. The molecule has 124 valence electrons. The van der Waals surface area contributed by atoms with E-state index < -0.39 is 12.1 Å². The number of aliphatic hydroxyl groups is 1. The predicted octanol–water partition coefficient (Wildman–Crippen LogP) is 3.17. The SMILES string of the molecule is CC(NC(=O)c1cccc2c1ccn2C)C(O)c1ccc(F)cc1. The first kappa shape index (κ1) is 16.2. The molecule has 0 aliphatic heterocycles. The molecule has 1 amide bonds. The lowest BCUT2D eigenvalue weighted by Crippen LogP contribution is -2.37. The molecule has 5 heteroatoms. The smallest absolute Gasteiger partial charge is 0.252 e. The highest BCUT2D eigenvalue weighted by Gasteiger charge is 2.20. The molecule has 3 aromatic rings. The molecule has 0 saturated heterocycles. The normalized spacial score (nSPS) is 13.7. The number of aliphatic hydroxyl groups excluding tert-OH is 1. The van der Waals surface area contributed by atoms with Crippen molar-refractivity contribution in [2.75, 3.05) is 0 Å². The summed E-state index contributed by atoms with van der Waals surface area (Å²) in [6.07, 6.45) is 0.989. The van der Waals surface area contributed by atoms with E-state index in [1.807, 2.05) is 36.0 Å². The van der Waals surface area contributed by atoms with Gasteiger partial charge in [-0.1, -0.05) is 18.2 Å². The highest BCUT2D eigenvalue weighted by molar-refractivity contribution is 6.06. The third-order valence-electron chi connectivity index (χ3n) is 4.22. The first-order valence-corrected chi connectivity index (χ1v) is 7.76. The molecule has 1 heterocycles. The second kappa shape index (κ2) is 6.45. The Kier molecular flexibility index (Phi) is 4.36. The number of nitrogens with one attached hydrogen (secondary N) is 1. The summed E-state index contributed by atoms with van der Waals surface area (Å²) >= 11 is 0. The Labute approximate surface area is 139 Å². The van der Waals surface area contributed by atoms with E-state index in [9.17, 15) is 14.3 Å². The van der Waals surface area contributed by atoms with Crippen molar-refractivity contribution in [3.8, 4) is 0 Å². The minimum Gasteiger partial charge on any atom is -0.386 e. The number of amides is 1. The van der Waals surface area contributed by atoms with E-state index in [4.69, 9.17) is 0 Å². The molecule has 0 spiro atoms. The molecule has 0 aliphatic rings. The van der Waals surface area contributed by atoms with Crippen molar-refractivity contribution in [3.05, 3.63) is 71.7 Å². The number of carbonyl (C=O) groups excluding carboxylic acids is 1. The van der Waals surface area contributed by atoms with E-state index >= 15 is 0 Å². The minimum atomic E-state index is -0.912. The van der Waals surface area contributed by atoms with Gasteiger partial charge < -0.3 is 15.0 Å². The van der Waals surface area contributed by atoms with Gasteiger partial charge in [0.1, 0.15) is 5.82 Å². The third kappa shape index (κ3) is 3.03. The number of nitrogens with zero attached hydrogens (tertiary/aromatic N) is 1. The van der Waals surface area contributed by atoms with Crippen molar-refractivity contribution >= 4 is 16.8 Å². The van der Waals surface area contributed by atoms with E-state index in [0.29, 0.717) is 11.1 Å². The number of fused-ring (bicyclic) bond motifs is 1. The maximum absolute atomic E-state index is 13.0. The van der Waals surface area contributed by atoms with Crippen molar-refractivity contribution in [2.24, 2.45) is 7.05 Å². The van der Waals surface area contributed by atoms with Crippen molar-refractivity contribution < 1.29 is 14.3 Å². The summed E-state index contributed by atoms with van der Waals surface area (Å²) in [6, 6.07) is 12.5. The molecule has 4 nitrogen and oxygen atoms in total. The van der Waals surface area contributed by atoms with E-state index in [1.165, 1.54) is 24.3 Å². The monoisotopic (exact) mass is 326 g/mol. The van der Waals surface area contributed by atoms with Crippen LogP contribution in [0.3, 0.4) is 0 Å². The van der Waals surface area contributed by atoms with Gasteiger partial charge in [-0.25, -0.2) is 4.39 Å². The number of rotatable bonds is 4. The summed E-state index contributed by atoms with van der Waals surface area (Å²) < 4.78 is 14.9. The molecule has 0 aliphatic carbocycles. The van der Waals surface area contributed by atoms with Crippen LogP contribution in [0.5, 0.6) is 0 Å². The Morgan fingerprint density at radius 3 is 2.58 bits per heavy atom. The molecule has 2 N–H and O–H groups in total. The van der Waals surface area contributed by atoms with Gasteiger partial charge in [-0.2, -0.15) is 0 Å². The fraction of sp³-hybridized carbons (Fsp3) is 0.211. The lowest BCUT2D eigenvalue weighted by atomic mass is 10.0. The van der Waals surface area contributed by atoms with E-state index in [2.05, 4.69) is 5.32 Å². The Morgan fingerprint density at radius 2 is 1.88 bits per heavy atom. The zero-order chi connectivity index (χ0) is 17.3. The van der Waals surface area contributed by atoms with Crippen molar-refractivity contribution in [2.45, 2.75) is 19.1 Å². The molecular weight excluding hydrogens is 307 g/mol. The first-order chi connectivity index (χ1) is 11.5. The zero-order valence-electron chi connectivity index (χ0n) is 13.5. The Hall–Kier alpha value is -2.66. The number of halogens is 1. The summed E-state index contributed by atoms with van der Waals surface area (Å²) in [5, 5.41) is 14.0. The van der Waals surface area contributed by atoms with Gasteiger partial charge in [-0.3, -0.25) is 4.79 Å². The van der Waals surface area contributed by atoms with Crippen LogP contribution >= 0.6 is 0 Å². The second-order valence-corrected chi connectivity index (χ2v) is 5.92. The van der Waals surface area contributed by atoms with Gasteiger partial charge in [0, 0.05) is 29.7 Å². The fourth-order valence-electron chi connectivity index (χ4n) is 2.81. The second-order valence-electron chi connectivity index (χ2n) is 5.92. The van der Waals surface area contributed by atoms with Crippen LogP contribution in [0.2, 0.25) is 0 Å². The van der Waals surface area contributed by atoms with Crippen LogP contribution in [0, 0.1) is 5.82 Å². The van der Waals surface area contributed by atoms with Gasteiger partial charge in [0.05, 0.1) is 12.1 Å². The summed E-state index contributed by atoms with van der Waals surface area (Å²) in [5.41, 5.74) is 2.09. The Bertz CT molecular complexity index is 871. The van der Waals surface area contributed by atoms with Gasteiger partial charge in [0.15, 0.2) is 0 Å². The highest BCUT2D eigenvalue weighted by Crippen LogP contribution is 2.21. The van der Waals surface area contributed by atoms with Crippen LogP contribution in [-0.2, 0) is 7.05 Å². The van der Waals surface area contributed by atoms with Gasteiger partial charge >= 0.3 is 0 Å². The molecule has 2 atom stereocenters. The molecule has 2 unspecified atom stereocenters. The molecule has 3 rings (SSSR count). The van der Waals surface area contributed by atoms with Crippen LogP contribution in [0.1, 0.15) is 28.9 Å². The maximum atomic E-state index is 13.0. The minimum absolute atomic E-state index is 0.250. The quantitative estimate of drug-likeness (QED) is 0.774. The number of hydrogen-bond donors (Lipinski definition) is 2. The fourth-order valence-corrected chi connectivity index (χ4v) is 2.81. The van der Waals surface area contributed by atoms with Gasteiger partial charge in [-0.05, 0) is 42.8 Å². The molecule has 1 aromatic heterocycles. The van der Waals surface area contributed by atoms with Gasteiger partial charge in [0.2, 0.25) is 0 Å². The maximum Gasteiger partial charge on any atom is 0.252 e. The lowest BCUT2D eigenvalue weighted by molar-refractivity contribution is 0.0853. The average molecular weight is 326 g/mol. The zero-order valence-corrected chi connectivity index (χ0v) is 13.5. The Balaban J connectivity index is 1.79. The van der Waals surface area contributed by atoms with Crippen molar-refractivity contribution in [1.29, 1.82) is 0 Å². The predicted molar refractivity (Wildman–Crippen MR) is 91.2 cm³/mol. The third-order valence-corrected chi connectivity index (χ3v) is 4.22. The summed E-state index contributed by atoms with van der Waals surface area (Å²) in [5.74, 6) is -0.612. The molecule has 0 bridgehead atoms. The van der Waals surface area contributed by atoms with Crippen LogP contribution in [0.25, 0.3) is 10.9 Å². The number of aromatic nitrogens is 1. The average Bonchev–Trinajstić information content (AvgIpc) is 2.96. The van der Waals surface area contributed by atoms with E-state index in [1.54, 1.807) is 13.0 Å².